The molecule has 0 unspecified atom stereocenters. The highest BCUT2D eigenvalue weighted by atomic mass is 15.0. The minimum atomic E-state index is -0.00629. The van der Waals surface area contributed by atoms with Crippen molar-refractivity contribution >= 4 is 49.2 Å². The van der Waals surface area contributed by atoms with Crippen LogP contribution < -0.4 is 0 Å². The normalized spacial score (nSPS) is 14.8. The van der Waals surface area contributed by atoms with Crippen LogP contribution in [-0.2, 0) is 5.41 Å². The molecular weight excluding hydrogens is 641 g/mol. The zero-order valence-corrected chi connectivity index (χ0v) is 30.0. The number of rotatable bonds is 4. The largest absolute Gasteiger partial charge is 0.309 e. The maximum absolute atomic E-state index is 2.53. The highest BCUT2D eigenvalue weighted by Gasteiger charge is 2.38. The van der Waals surface area contributed by atoms with Crippen LogP contribution in [0.5, 0.6) is 0 Å². The molecule has 0 aliphatic heterocycles. The first-order valence-electron chi connectivity index (χ1n) is 18.8. The van der Waals surface area contributed by atoms with Crippen molar-refractivity contribution in [1.29, 1.82) is 0 Å². The quantitative estimate of drug-likeness (QED) is 0.175. The zero-order valence-electron chi connectivity index (χ0n) is 30.0. The van der Waals surface area contributed by atoms with Crippen molar-refractivity contribution in [3.63, 3.8) is 0 Å². The van der Waals surface area contributed by atoms with Crippen molar-refractivity contribution < 1.29 is 0 Å². The summed E-state index contributed by atoms with van der Waals surface area (Å²) < 4.78 is 4.93. The Kier molecular flexibility index (Phi) is 6.46. The first-order chi connectivity index (χ1) is 26.1. The van der Waals surface area contributed by atoms with E-state index in [0.29, 0.717) is 0 Å². The second kappa shape index (κ2) is 11.3. The molecule has 0 spiro atoms. The van der Waals surface area contributed by atoms with Gasteiger partial charge in [-0.3, -0.25) is 0 Å². The van der Waals surface area contributed by atoms with Crippen LogP contribution in [0.1, 0.15) is 37.8 Å². The van der Waals surface area contributed by atoms with Crippen LogP contribution in [0.4, 0.5) is 0 Å². The third-order valence-corrected chi connectivity index (χ3v) is 12.0. The monoisotopic (exact) mass is 678 g/mol. The molecule has 0 saturated heterocycles. The minimum absolute atomic E-state index is 0.00629. The van der Waals surface area contributed by atoms with Crippen LogP contribution in [0.15, 0.2) is 175 Å². The highest BCUT2D eigenvalue weighted by molar-refractivity contribution is 6.13. The molecule has 2 heteroatoms. The van der Waals surface area contributed by atoms with Gasteiger partial charge in [-0.1, -0.05) is 123 Å². The second-order valence-corrected chi connectivity index (χ2v) is 15.2. The number of para-hydroxylation sites is 2. The van der Waals surface area contributed by atoms with E-state index >= 15 is 0 Å². The van der Waals surface area contributed by atoms with Gasteiger partial charge >= 0.3 is 0 Å². The van der Waals surface area contributed by atoms with E-state index in [1.165, 1.54) is 99.5 Å². The smallest absolute Gasteiger partial charge is 0.0541 e. The number of fused-ring (bicyclic) bond motifs is 8. The van der Waals surface area contributed by atoms with E-state index < -0.39 is 0 Å². The Labute approximate surface area is 309 Å². The molecule has 2 heterocycles. The average molecular weight is 679 g/mol. The molecule has 11 rings (SSSR count). The van der Waals surface area contributed by atoms with Crippen molar-refractivity contribution in [1.82, 2.24) is 9.13 Å². The van der Waals surface area contributed by atoms with Gasteiger partial charge in [0.2, 0.25) is 0 Å². The molecule has 2 aliphatic carbocycles. The first kappa shape index (κ1) is 30.3. The number of hydrogen-bond donors (Lipinski definition) is 0. The predicted octanol–water partition coefficient (Wildman–Crippen LogP) is 13.6. The predicted molar refractivity (Wildman–Crippen MR) is 224 cm³/mol. The molecule has 7 aromatic carbocycles. The van der Waals surface area contributed by atoms with E-state index in [-0.39, 0.29) is 5.41 Å². The van der Waals surface area contributed by atoms with Gasteiger partial charge in [0, 0.05) is 38.2 Å². The third-order valence-electron chi connectivity index (χ3n) is 12.0. The Morgan fingerprint density at radius 1 is 0.472 bits per heavy atom. The lowest BCUT2D eigenvalue weighted by atomic mass is 9.80. The first-order valence-corrected chi connectivity index (χ1v) is 18.8. The highest BCUT2D eigenvalue weighted by Crippen LogP contribution is 2.52. The van der Waals surface area contributed by atoms with Crippen molar-refractivity contribution in [3.05, 3.63) is 187 Å². The van der Waals surface area contributed by atoms with Crippen molar-refractivity contribution in [3.8, 4) is 33.6 Å². The maximum atomic E-state index is 2.53. The summed E-state index contributed by atoms with van der Waals surface area (Å²) in [4.78, 5) is 0. The summed E-state index contributed by atoms with van der Waals surface area (Å²) in [5, 5.41) is 5.08. The van der Waals surface area contributed by atoms with Gasteiger partial charge in [0.1, 0.15) is 0 Å². The van der Waals surface area contributed by atoms with E-state index in [0.717, 1.165) is 12.8 Å². The number of hydrogen-bond acceptors (Lipinski definition) is 0. The van der Waals surface area contributed by atoms with E-state index in [4.69, 9.17) is 0 Å². The summed E-state index contributed by atoms with van der Waals surface area (Å²) in [5.41, 5.74) is 18.2. The Bertz CT molecular complexity index is 3000. The number of allylic oxidation sites excluding steroid dienone is 4. The molecule has 0 amide bonds. The van der Waals surface area contributed by atoms with Crippen molar-refractivity contribution in [2.24, 2.45) is 0 Å². The lowest BCUT2D eigenvalue weighted by Crippen LogP contribution is -2.16. The average Bonchev–Trinajstić information content (AvgIpc) is 3.81. The summed E-state index contributed by atoms with van der Waals surface area (Å²) >= 11 is 0. The maximum Gasteiger partial charge on any atom is 0.0541 e. The number of aromatic nitrogens is 2. The van der Waals surface area contributed by atoms with Gasteiger partial charge in [0.25, 0.3) is 0 Å². The Morgan fingerprint density at radius 3 is 1.74 bits per heavy atom. The SMILES string of the molecule is CC1(C)C2=C(CCC=C2)c2c(-n3c4ccccc4c4cc(-c5ccc6c(c5)c5cc(-c7ccccc7)ccc5n6-c5ccccc5)ccc43)cccc21. The van der Waals surface area contributed by atoms with Gasteiger partial charge < -0.3 is 9.13 Å². The lowest BCUT2D eigenvalue weighted by molar-refractivity contribution is 0.651. The molecule has 252 valence electrons. The van der Waals surface area contributed by atoms with Gasteiger partial charge in [-0.15, -0.1) is 0 Å². The molecule has 2 aromatic heterocycles. The molecule has 0 bridgehead atoms. The third kappa shape index (κ3) is 4.39. The second-order valence-electron chi connectivity index (χ2n) is 15.2. The Hall–Kier alpha value is -6.38. The molecule has 0 fully saturated rings. The van der Waals surface area contributed by atoms with Crippen LogP contribution >= 0.6 is 0 Å². The Balaban J connectivity index is 1.12. The Morgan fingerprint density at radius 2 is 1.04 bits per heavy atom. The minimum Gasteiger partial charge on any atom is -0.309 e. The molecule has 53 heavy (non-hydrogen) atoms. The van der Waals surface area contributed by atoms with Crippen LogP contribution in [0.3, 0.4) is 0 Å². The summed E-state index contributed by atoms with van der Waals surface area (Å²) in [7, 11) is 0. The molecular formula is C51H38N2. The van der Waals surface area contributed by atoms with Gasteiger partial charge in [-0.05, 0) is 112 Å². The molecule has 0 saturated carbocycles. The van der Waals surface area contributed by atoms with Crippen LogP contribution in [-0.4, -0.2) is 9.13 Å². The molecule has 0 radical (unpaired) electrons. The fourth-order valence-electron chi connectivity index (χ4n) is 9.50. The summed E-state index contributed by atoms with van der Waals surface area (Å²) in [6.45, 7) is 4.78. The van der Waals surface area contributed by atoms with Crippen molar-refractivity contribution in [2.75, 3.05) is 0 Å². The van der Waals surface area contributed by atoms with Crippen LogP contribution in [0.2, 0.25) is 0 Å². The van der Waals surface area contributed by atoms with Crippen LogP contribution in [0, 0.1) is 0 Å². The summed E-state index contributed by atoms with van der Waals surface area (Å²) in [6.07, 6.45) is 6.93. The summed E-state index contributed by atoms with van der Waals surface area (Å²) in [6, 6.07) is 58.4. The lowest BCUT2D eigenvalue weighted by Gasteiger charge is -2.24. The van der Waals surface area contributed by atoms with Crippen LogP contribution in [0.25, 0.3) is 82.8 Å². The fraction of sp³-hybridized carbons (Fsp3) is 0.0980. The molecule has 2 nitrogen and oxygen atoms in total. The fourth-order valence-corrected chi connectivity index (χ4v) is 9.50. The van der Waals surface area contributed by atoms with E-state index in [9.17, 15) is 0 Å². The molecule has 0 N–H and O–H groups in total. The van der Waals surface area contributed by atoms with E-state index in [2.05, 4.69) is 193 Å². The standard InChI is InChI=1S/C51H38N2/c1-51(2)43-20-11-9-19-39(43)50-44(51)21-13-23-49(50)53-45-22-12-10-18-38(45)40-31-35(26-29-48(40)53)36-25-28-47-42(32-36)41-30-34(33-14-5-3-6-15-33)24-27-46(41)52(47)37-16-7-4-8-17-37/h3-8,10-18,20-32H,9,19H2,1-2H3. The van der Waals surface area contributed by atoms with Crippen molar-refractivity contribution in [2.45, 2.75) is 32.1 Å². The van der Waals surface area contributed by atoms with E-state index in [1.807, 2.05) is 0 Å². The summed E-state index contributed by atoms with van der Waals surface area (Å²) in [5.74, 6) is 0. The zero-order chi connectivity index (χ0) is 35.3. The number of nitrogens with zero attached hydrogens (tertiary/aromatic N) is 2. The topological polar surface area (TPSA) is 9.86 Å². The van der Waals surface area contributed by atoms with Gasteiger partial charge in [-0.2, -0.15) is 0 Å². The van der Waals surface area contributed by atoms with Gasteiger partial charge in [-0.25, -0.2) is 0 Å². The molecule has 9 aromatic rings. The van der Waals surface area contributed by atoms with Gasteiger partial charge in [0.05, 0.1) is 27.8 Å². The number of benzene rings is 7. The molecule has 2 aliphatic rings. The molecule has 0 atom stereocenters. The van der Waals surface area contributed by atoms with E-state index in [1.54, 1.807) is 0 Å². The van der Waals surface area contributed by atoms with Gasteiger partial charge in [0.15, 0.2) is 0 Å².